The molecule has 7 heteroatoms. The number of rotatable bonds is 6. The summed E-state index contributed by atoms with van der Waals surface area (Å²) in [4.78, 5) is 33.1. The average molecular weight is 293 g/mol. The fraction of sp³-hybridized carbons (Fsp3) is 0.500. The zero-order valence-electron chi connectivity index (χ0n) is 13.1. The lowest BCUT2D eigenvalue weighted by Crippen LogP contribution is -2.46. The minimum Gasteiger partial charge on any atom is -0.330 e. The number of urea groups is 1. The van der Waals surface area contributed by atoms with Crippen molar-refractivity contribution >= 4 is 11.8 Å². The molecule has 0 spiro atoms. The summed E-state index contributed by atoms with van der Waals surface area (Å²) in [6, 6.07) is 1.14. The van der Waals surface area contributed by atoms with Crippen LogP contribution in [0, 0.1) is 0 Å². The molecule has 0 radical (unpaired) electrons. The second kappa shape index (κ2) is 7.58. The molecule has 0 bridgehead atoms. The first-order valence-corrected chi connectivity index (χ1v) is 6.67. The maximum atomic E-state index is 12.3. The average Bonchev–Trinajstić information content (AvgIpc) is 2.44. The van der Waals surface area contributed by atoms with Crippen LogP contribution in [0.15, 0.2) is 29.8 Å². The second-order valence-corrected chi connectivity index (χ2v) is 5.10. The lowest BCUT2D eigenvalue weighted by Gasteiger charge is -2.29. The van der Waals surface area contributed by atoms with Crippen molar-refractivity contribution in [3.05, 3.63) is 35.4 Å². The molecule has 0 N–H and O–H groups in total. The van der Waals surface area contributed by atoms with Gasteiger partial charge in [-0.1, -0.05) is 6.08 Å². The largest absolute Gasteiger partial charge is 0.330 e. The van der Waals surface area contributed by atoms with Gasteiger partial charge in [0.2, 0.25) is 0 Å². The molecular weight excluding hydrogens is 270 g/mol. The Morgan fingerprint density at radius 3 is 2.62 bits per heavy atom. The number of carbonyl (C=O) groups is 1. The van der Waals surface area contributed by atoms with Gasteiger partial charge in [0.1, 0.15) is 5.82 Å². The predicted octanol–water partition coefficient (Wildman–Crippen LogP) is 0.734. The van der Waals surface area contributed by atoms with Gasteiger partial charge in [-0.3, -0.25) is 14.6 Å². The summed E-state index contributed by atoms with van der Waals surface area (Å²) >= 11 is 0. The van der Waals surface area contributed by atoms with Crippen molar-refractivity contribution in [1.82, 2.24) is 19.4 Å². The van der Waals surface area contributed by atoms with E-state index in [-0.39, 0.29) is 11.6 Å². The Morgan fingerprint density at radius 2 is 2.10 bits per heavy atom. The van der Waals surface area contributed by atoms with E-state index < -0.39 is 0 Å². The highest BCUT2D eigenvalue weighted by Crippen LogP contribution is 2.10. The van der Waals surface area contributed by atoms with Gasteiger partial charge in [0.05, 0.1) is 13.0 Å². The monoisotopic (exact) mass is 293 g/mol. The molecule has 1 rings (SSSR count). The van der Waals surface area contributed by atoms with E-state index in [1.165, 1.54) is 26.8 Å². The molecule has 21 heavy (non-hydrogen) atoms. The van der Waals surface area contributed by atoms with Gasteiger partial charge in [-0.15, -0.1) is 6.58 Å². The third-order valence-corrected chi connectivity index (χ3v) is 2.95. The van der Waals surface area contributed by atoms with Crippen molar-refractivity contribution < 1.29 is 4.79 Å². The molecule has 1 heterocycles. The molecule has 0 aliphatic heterocycles. The van der Waals surface area contributed by atoms with Gasteiger partial charge in [-0.25, -0.2) is 9.78 Å². The van der Waals surface area contributed by atoms with Crippen molar-refractivity contribution in [2.24, 2.45) is 7.05 Å². The van der Waals surface area contributed by atoms with Gasteiger partial charge >= 0.3 is 6.03 Å². The zero-order valence-corrected chi connectivity index (χ0v) is 13.1. The van der Waals surface area contributed by atoms with Crippen LogP contribution in [0.4, 0.5) is 10.6 Å². The maximum absolute atomic E-state index is 12.3. The fourth-order valence-corrected chi connectivity index (χ4v) is 1.70. The lowest BCUT2D eigenvalue weighted by molar-refractivity contribution is 0.217. The summed E-state index contributed by atoms with van der Waals surface area (Å²) in [5, 5.41) is 0. The van der Waals surface area contributed by atoms with Gasteiger partial charge in [-0.2, -0.15) is 0 Å². The molecule has 0 aliphatic carbocycles. The van der Waals surface area contributed by atoms with E-state index in [0.717, 1.165) is 13.0 Å². The smallest absolute Gasteiger partial charge is 0.326 e. The van der Waals surface area contributed by atoms with Gasteiger partial charge < -0.3 is 9.47 Å². The number of hydrogen-bond acceptors (Lipinski definition) is 4. The van der Waals surface area contributed by atoms with Crippen LogP contribution in [0.1, 0.15) is 6.42 Å². The minimum absolute atomic E-state index is 0.203. The first-order chi connectivity index (χ1) is 9.86. The minimum atomic E-state index is -0.221. The van der Waals surface area contributed by atoms with Gasteiger partial charge in [0.25, 0.3) is 5.56 Å². The Hall–Kier alpha value is -2.15. The Kier molecular flexibility index (Phi) is 6.10. The van der Waals surface area contributed by atoms with E-state index in [4.69, 9.17) is 0 Å². The zero-order chi connectivity index (χ0) is 16.0. The third-order valence-electron chi connectivity index (χ3n) is 2.95. The number of aryl methyl sites for hydroxylation is 1. The summed E-state index contributed by atoms with van der Waals surface area (Å²) in [7, 11) is 6.86. The summed E-state index contributed by atoms with van der Waals surface area (Å²) in [5.74, 6) is 0.349. The standard InChI is InChI=1S/C14H23N5O2/c1-6-7-8-17(4)11-19(14(21)16(2)3)12-9-13(20)18(5)10-15-12/h6,9-10H,1,7-8,11H2,2-5H3. The van der Waals surface area contributed by atoms with Crippen molar-refractivity contribution in [2.75, 3.05) is 39.3 Å². The number of hydrogen-bond donors (Lipinski definition) is 0. The van der Waals surface area contributed by atoms with Gasteiger partial charge in [-0.05, 0) is 13.5 Å². The van der Waals surface area contributed by atoms with E-state index in [1.807, 2.05) is 18.0 Å². The van der Waals surface area contributed by atoms with Crippen LogP contribution >= 0.6 is 0 Å². The molecule has 116 valence electrons. The van der Waals surface area contributed by atoms with Crippen LogP contribution in [-0.2, 0) is 7.05 Å². The number of nitrogens with zero attached hydrogens (tertiary/aromatic N) is 5. The molecule has 0 unspecified atom stereocenters. The van der Waals surface area contributed by atoms with Crippen molar-refractivity contribution in [2.45, 2.75) is 6.42 Å². The van der Waals surface area contributed by atoms with Crippen molar-refractivity contribution in [3.8, 4) is 0 Å². The highest BCUT2D eigenvalue weighted by Gasteiger charge is 2.20. The predicted molar refractivity (Wildman–Crippen MR) is 83.4 cm³/mol. The molecule has 1 aromatic heterocycles. The highest BCUT2D eigenvalue weighted by atomic mass is 16.2. The summed E-state index contributed by atoms with van der Waals surface area (Å²) < 4.78 is 1.36. The van der Waals surface area contributed by atoms with Crippen LogP contribution in [0.2, 0.25) is 0 Å². The Balaban J connectivity index is 3.01. The number of carbonyl (C=O) groups excluding carboxylic acids is 1. The molecule has 2 amide bonds. The van der Waals surface area contributed by atoms with E-state index in [1.54, 1.807) is 21.1 Å². The summed E-state index contributed by atoms with van der Waals surface area (Å²) in [5.41, 5.74) is -0.203. The maximum Gasteiger partial charge on any atom is 0.326 e. The van der Waals surface area contributed by atoms with Crippen LogP contribution in [0.25, 0.3) is 0 Å². The molecular formula is C14H23N5O2. The molecule has 0 aliphatic rings. The fourth-order valence-electron chi connectivity index (χ4n) is 1.70. The van der Waals surface area contributed by atoms with E-state index in [0.29, 0.717) is 12.5 Å². The molecule has 1 aromatic rings. The molecule has 0 aromatic carbocycles. The number of amides is 2. The third kappa shape index (κ3) is 4.71. The van der Waals surface area contributed by atoms with Crippen LogP contribution in [0.3, 0.4) is 0 Å². The Morgan fingerprint density at radius 1 is 1.43 bits per heavy atom. The lowest BCUT2D eigenvalue weighted by atomic mass is 10.4. The van der Waals surface area contributed by atoms with E-state index in [2.05, 4.69) is 11.6 Å². The Labute approximate surface area is 125 Å². The summed E-state index contributed by atoms with van der Waals surface area (Å²) in [6.45, 7) is 4.80. The van der Waals surface area contributed by atoms with Crippen molar-refractivity contribution in [3.63, 3.8) is 0 Å². The van der Waals surface area contributed by atoms with Gasteiger partial charge in [0, 0.05) is 33.8 Å². The van der Waals surface area contributed by atoms with E-state index in [9.17, 15) is 9.59 Å². The van der Waals surface area contributed by atoms with Crippen LogP contribution in [-0.4, -0.2) is 59.7 Å². The Bertz CT molecular complexity index is 553. The number of anilines is 1. The van der Waals surface area contributed by atoms with Gasteiger partial charge in [0.15, 0.2) is 0 Å². The first-order valence-electron chi connectivity index (χ1n) is 6.67. The normalized spacial score (nSPS) is 10.5. The molecule has 7 nitrogen and oxygen atoms in total. The highest BCUT2D eigenvalue weighted by molar-refractivity contribution is 5.90. The number of aromatic nitrogens is 2. The molecule has 0 saturated heterocycles. The van der Waals surface area contributed by atoms with Crippen LogP contribution in [0.5, 0.6) is 0 Å². The topological polar surface area (TPSA) is 61.7 Å². The summed E-state index contributed by atoms with van der Waals surface area (Å²) in [6.07, 6.45) is 4.06. The molecule has 0 fully saturated rings. The molecule has 0 atom stereocenters. The quantitative estimate of drug-likeness (QED) is 0.573. The first kappa shape index (κ1) is 16.9. The van der Waals surface area contributed by atoms with Crippen molar-refractivity contribution in [1.29, 1.82) is 0 Å². The van der Waals surface area contributed by atoms with Crippen LogP contribution < -0.4 is 10.5 Å². The second-order valence-electron chi connectivity index (χ2n) is 5.10. The molecule has 0 saturated carbocycles. The van der Waals surface area contributed by atoms with E-state index >= 15 is 0 Å². The SMILES string of the molecule is C=CCCN(C)CN(C(=O)N(C)C)c1cc(=O)n(C)cn1.